The van der Waals surface area contributed by atoms with Crippen molar-refractivity contribution in [2.24, 2.45) is 0 Å². The standard InChI is InChI=1S/C8H7BrClNO4S/c9-5-1-2-7(6(10)3-5)11-16(14,15)4-8(12)13/h1-3,11H,4H2,(H,12,13). The Morgan fingerprint density at radius 2 is 2.12 bits per heavy atom. The van der Waals surface area contributed by atoms with E-state index < -0.39 is 21.7 Å². The number of hydrogen-bond donors (Lipinski definition) is 2. The van der Waals surface area contributed by atoms with Gasteiger partial charge >= 0.3 is 5.97 Å². The summed E-state index contributed by atoms with van der Waals surface area (Å²) in [6.45, 7) is 0. The molecular weight excluding hydrogens is 322 g/mol. The molecule has 2 N–H and O–H groups in total. The third-order valence-electron chi connectivity index (χ3n) is 1.51. The quantitative estimate of drug-likeness (QED) is 0.884. The summed E-state index contributed by atoms with van der Waals surface area (Å²) in [5.74, 6) is -2.43. The fraction of sp³-hybridized carbons (Fsp3) is 0.125. The van der Waals surface area contributed by atoms with Crippen LogP contribution in [0.15, 0.2) is 22.7 Å². The zero-order valence-electron chi connectivity index (χ0n) is 7.78. The van der Waals surface area contributed by atoms with Crippen LogP contribution in [0.1, 0.15) is 0 Å². The number of sulfonamides is 1. The Morgan fingerprint density at radius 3 is 2.62 bits per heavy atom. The fourth-order valence-electron chi connectivity index (χ4n) is 0.938. The zero-order chi connectivity index (χ0) is 12.3. The summed E-state index contributed by atoms with van der Waals surface area (Å²) in [6, 6.07) is 4.52. The van der Waals surface area contributed by atoms with E-state index >= 15 is 0 Å². The highest BCUT2D eigenvalue weighted by atomic mass is 79.9. The lowest BCUT2D eigenvalue weighted by atomic mass is 10.3. The molecular formula is C8H7BrClNO4S. The Kier molecular flexibility index (Phi) is 4.17. The minimum atomic E-state index is -3.92. The van der Waals surface area contributed by atoms with Crippen molar-refractivity contribution in [1.82, 2.24) is 0 Å². The van der Waals surface area contributed by atoms with E-state index in [0.717, 1.165) is 0 Å². The number of halogens is 2. The summed E-state index contributed by atoms with van der Waals surface area (Å²) in [6.07, 6.45) is 0. The van der Waals surface area contributed by atoms with Crippen LogP contribution in [-0.4, -0.2) is 25.2 Å². The molecule has 0 aromatic heterocycles. The van der Waals surface area contributed by atoms with E-state index in [0.29, 0.717) is 4.47 Å². The molecule has 0 aliphatic rings. The number of hydrogen-bond acceptors (Lipinski definition) is 3. The first-order valence-electron chi connectivity index (χ1n) is 3.97. The van der Waals surface area contributed by atoms with Gasteiger partial charge in [0.2, 0.25) is 10.0 Å². The van der Waals surface area contributed by atoms with Crippen molar-refractivity contribution in [3.63, 3.8) is 0 Å². The number of carbonyl (C=O) groups is 1. The highest BCUT2D eigenvalue weighted by Crippen LogP contribution is 2.26. The molecule has 0 aliphatic carbocycles. The number of rotatable bonds is 4. The van der Waals surface area contributed by atoms with Gasteiger partial charge in [-0.1, -0.05) is 27.5 Å². The Balaban J connectivity index is 2.92. The van der Waals surface area contributed by atoms with Gasteiger partial charge in [-0.15, -0.1) is 0 Å². The summed E-state index contributed by atoms with van der Waals surface area (Å²) < 4.78 is 25.3. The summed E-state index contributed by atoms with van der Waals surface area (Å²) in [5.41, 5.74) is 0.145. The molecule has 88 valence electrons. The molecule has 0 aliphatic heterocycles. The summed E-state index contributed by atoms with van der Waals surface area (Å²) in [5, 5.41) is 8.56. The van der Waals surface area contributed by atoms with Crippen LogP contribution in [0.4, 0.5) is 5.69 Å². The molecule has 0 radical (unpaired) electrons. The maximum absolute atomic E-state index is 11.3. The summed E-state index contributed by atoms with van der Waals surface area (Å²) in [7, 11) is -3.92. The highest BCUT2D eigenvalue weighted by molar-refractivity contribution is 9.10. The maximum Gasteiger partial charge on any atom is 0.320 e. The fourth-order valence-corrected chi connectivity index (χ4v) is 2.63. The van der Waals surface area contributed by atoms with E-state index in [1.54, 1.807) is 6.07 Å². The van der Waals surface area contributed by atoms with Crippen molar-refractivity contribution in [3.05, 3.63) is 27.7 Å². The van der Waals surface area contributed by atoms with E-state index in [4.69, 9.17) is 16.7 Å². The molecule has 0 saturated carbocycles. The van der Waals surface area contributed by atoms with Crippen molar-refractivity contribution in [2.75, 3.05) is 10.5 Å². The third kappa shape index (κ3) is 3.99. The van der Waals surface area contributed by atoms with Gasteiger partial charge in [-0.25, -0.2) is 8.42 Å². The largest absolute Gasteiger partial charge is 0.480 e. The van der Waals surface area contributed by atoms with Crippen LogP contribution in [0.3, 0.4) is 0 Å². The van der Waals surface area contributed by atoms with Gasteiger partial charge in [0, 0.05) is 4.47 Å². The van der Waals surface area contributed by atoms with Gasteiger partial charge in [0.25, 0.3) is 0 Å². The van der Waals surface area contributed by atoms with E-state index in [9.17, 15) is 13.2 Å². The van der Waals surface area contributed by atoms with Crippen LogP contribution in [0.5, 0.6) is 0 Å². The first-order chi connectivity index (χ1) is 7.30. The molecule has 0 spiro atoms. The molecule has 0 saturated heterocycles. The first kappa shape index (κ1) is 13.3. The molecule has 0 unspecified atom stereocenters. The molecule has 0 fully saturated rings. The molecule has 5 nitrogen and oxygen atoms in total. The lowest BCUT2D eigenvalue weighted by molar-refractivity contribution is -0.134. The van der Waals surface area contributed by atoms with Gasteiger partial charge < -0.3 is 5.11 Å². The van der Waals surface area contributed by atoms with E-state index in [1.165, 1.54) is 12.1 Å². The van der Waals surface area contributed by atoms with Crippen LogP contribution < -0.4 is 4.72 Å². The van der Waals surface area contributed by atoms with Crippen LogP contribution >= 0.6 is 27.5 Å². The Bertz CT molecular complexity index is 517. The zero-order valence-corrected chi connectivity index (χ0v) is 10.9. The smallest absolute Gasteiger partial charge is 0.320 e. The van der Waals surface area contributed by atoms with Crippen LogP contribution in [0, 0.1) is 0 Å². The van der Waals surface area contributed by atoms with Crippen LogP contribution in [-0.2, 0) is 14.8 Å². The summed E-state index contributed by atoms with van der Waals surface area (Å²) in [4.78, 5) is 10.3. The average Bonchev–Trinajstić information content (AvgIpc) is 2.07. The van der Waals surface area contributed by atoms with E-state index in [2.05, 4.69) is 20.7 Å². The van der Waals surface area contributed by atoms with Gasteiger partial charge in [-0.2, -0.15) is 0 Å². The SMILES string of the molecule is O=C(O)CS(=O)(=O)Nc1ccc(Br)cc1Cl. The predicted octanol–water partition coefficient (Wildman–Crippen LogP) is 1.93. The van der Waals surface area contributed by atoms with Crippen LogP contribution in [0.2, 0.25) is 5.02 Å². The van der Waals surface area contributed by atoms with Crippen molar-refractivity contribution in [3.8, 4) is 0 Å². The highest BCUT2D eigenvalue weighted by Gasteiger charge is 2.16. The van der Waals surface area contributed by atoms with Crippen molar-refractivity contribution in [1.29, 1.82) is 0 Å². The topological polar surface area (TPSA) is 83.5 Å². The Morgan fingerprint density at radius 1 is 1.50 bits per heavy atom. The summed E-state index contributed by atoms with van der Waals surface area (Å²) >= 11 is 8.93. The number of aliphatic carboxylic acids is 1. The molecule has 1 aromatic rings. The first-order valence-corrected chi connectivity index (χ1v) is 6.80. The molecule has 0 amide bonds. The van der Waals surface area contributed by atoms with Gasteiger partial charge in [0.15, 0.2) is 5.75 Å². The van der Waals surface area contributed by atoms with E-state index in [-0.39, 0.29) is 10.7 Å². The van der Waals surface area contributed by atoms with E-state index in [1.807, 2.05) is 0 Å². The number of anilines is 1. The van der Waals surface area contributed by atoms with Gasteiger partial charge in [0.05, 0.1) is 10.7 Å². The number of nitrogens with one attached hydrogen (secondary N) is 1. The number of carboxylic acids is 1. The minimum absolute atomic E-state index is 0.145. The second kappa shape index (κ2) is 5.03. The predicted molar refractivity (Wildman–Crippen MR) is 64.2 cm³/mol. The van der Waals surface area contributed by atoms with Gasteiger partial charge in [0.1, 0.15) is 0 Å². The third-order valence-corrected chi connectivity index (χ3v) is 3.47. The molecule has 0 bridgehead atoms. The average molecular weight is 329 g/mol. The number of carboxylic acid groups (broad SMARTS) is 1. The molecule has 1 aromatic carbocycles. The monoisotopic (exact) mass is 327 g/mol. The lowest BCUT2D eigenvalue weighted by Crippen LogP contribution is -2.22. The normalized spacial score (nSPS) is 11.1. The molecule has 8 heteroatoms. The lowest BCUT2D eigenvalue weighted by Gasteiger charge is -2.07. The van der Waals surface area contributed by atoms with Gasteiger partial charge in [-0.3, -0.25) is 9.52 Å². The second-order valence-electron chi connectivity index (χ2n) is 2.88. The van der Waals surface area contributed by atoms with Crippen LogP contribution in [0.25, 0.3) is 0 Å². The molecule has 16 heavy (non-hydrogen) atoms. The van der Waals surface area contributed by atoms with Crippen molar-refractivity contribution in [2.45, 2.75) is 0 Å². The Hall–Kier alpha value is -0.790. The van der Waals surface area contributed by atoms with Crippen molar-refractivity contribution < 1.29 is 18.3 Å². The number of benzene rings is 1. The van der Waals surface area contributed by atoms with Gasteiger partial charge in [-0.05, 0) is 18.2 Å². The second-order valence-corrected chi connectivity index (χ2v) is 5.92. The maximum atomic E-state index is 11.3. The van der Waals surface area contributed by atoms with Crippen molar-refractivity contribution >= 4 is 49.2 Å². The minimum Gasteiger partial charge on any atom is -0.480 e. The molecule has 0 heterocycles. The molecule has 0 atom stereocenters. The molecule has 1 rings (SSSR count). The Labute approximate surface area is 106 Å².